The van der Waals surface area contributed by atoms with Crippen molar-refractivity contribution in [2.45, 2.75) is 38.6 Å². The lowest BCUT2D eigenvalue weighted by molar-refractivity contribution is 0.399. The van der Waals surface area contributed by atoms with Gasteiger partial charge in [-0.1, -0.05) is 36.2 Å². The molecule has 1 saturated heterocycles. The van der Waals surface area contributed by atoms with Gasteiger partial charge in [-0.25, -0.2) is 0 Å². The fourth-order valence-corrected chi connectivity index (χ4v) is 2.11. The summed E-state index contributed by atoms with van der Waals surface area (Å²) in [5.41, 5.74) is 2.82. The van der Waals surface area contributed by atoms with Gasteiger partial charge in [0.05, 0.1) is 0 Å². The van der Waals surface area contributed by atoms with Crippen molar-refractivity contribution in [1.82, 2.24) is 5.32 Å². The van der Waals surface area contributed by atoms with E-state index in [-0.39, 0.29) is 0 Å². The molecule has 0 unspecified atom stereocenters. The zero-order valence-corrected chi connectivity index (χ0v) is 8.92. The van der Waals surface area contributed by atoms with Crippen molar-refractivity contribution in [2.24, 2.45) is 0 Å². The van der Waals surface area contributed by atoms with Crippen molar-refractivity contribution in [2.75, 3.05) is 6.54 Å². The minimum atomic E-state index is 0.714. The molecule has 0 saturated carbocycles. The molecule has 76 valence electrons. The second-order valence-electron chi connectivity index (χ2n) is 4.34. The second-order valence-corrected chi connectivity index (χ2v) is 4.34. The number of piperidine rings is 1. The Morgan fingerprint density at radius 2 is 2.00 bits per heavy atom. The summed E-state index contributed by atoms with van der Waals surface area (Å²) in [5.74, 6) is 0. The van der Waals surface area contributed by atoms with Crippen LogP contribution in [0, 0.1) is 6.92 Å². The minimum Gasteiger partial charge on any atom is -0.314 e. The van der Waals surface area contributed by atoms with Crippen LogP contribution in [0.15, 0.2) is 24.3 Å². The van der Waals surface area contributed by atoms with Gasteiger partial charge in [0, 0.05) is 6.04 Å². The molecule has 0 bridgehead atoms. The van der Waals surface area contributed by atoms with E-state index < -0.39 is 0 Å². The summed E-state index contributed by atoms with van der Waals surface area (Å²) < 4.78 is 0. The van der Waals surface area contributed by atoms with E-state index in [9.17, 15) is 0 Å². The molecule has 1 aliphatic heterocycles. The highest BCUT2D eigenvalue weighted by Crippen LogP contribution is 2.13. The number of nitrogens with one attached hydrogen (secondary N) is 1. The highest BCUT2D eigenvalue weighted by Gasteiger charge is 2.12. The Kier molecular flexibility index (Phi) is 3.20. The zero-order valence-electron chi connectivity index (χ0n) is 8.92. The van der Waals surface area contributed by atoms with Crippen LogP contribution in [0.1, 0.15) is 30.4 Å². The lowest BCUT2D eigenvalue weighted by atomic mass is 9.97. The third-order valence-corrected chi connectivity index (χ3v) is 3.02. The summed E-state index contributed by atoms with van der Waals surface area (Å²) in [6.45, 7) is 3.35. The van der Waals surface area contributed by atoms with E-state index in [4.69, 9.17) is 0 Å². The molecule has 14 heavy (non-hydrogen) atoms. The normalized spacial score (nSPS) is 22.2. The van der Waals surface area contributed by atoms with Crippen LogP contribution in [0.2, 0.25) is 0 Å². The molecule has 1 aromatic carbocycles. The number of rotatable bonds is 2. The molecule has 2 rings (SSSR count). The molecule has 0 spiro atoms. The highest BCUT2D eigenvalue weighted by molar-refractivity contribution is 5.22. The quantitative estimate of drug-likeness (QED) is 0.754. The van der Waals surface area contributed by atoms with Gasteiger partial charge in [0.15, 0.2) is 0 Å². The van der Waals surface area contributed by atoms with Crippen molar-refractivity contribution in [1.29, 1.82) is 0 Å². The SMILES string of the molecule is Cc1ccc(C[C@H]2CCCCN2)cc1. The predicted molar refractivity (Wildman–Crippen MR) is 60.5 cm³/mol. The maximum atomic E-state index is 3.58. The van der Waals surface area contributed by atoms with E-state index in [0.717, 1.165) is 0 Å². The van der Waals surface area contributed by atoms with E-state index in [1.54, 1.807) is 0 Å². The van der Waals surface area contributed by atoms with Gasteiger partial charge < -0.3 is 5.32 Å². The number of hydrogen-bond acceptors (Lipinski definition) is 1. The first-order valence-corrected chi connectivity index (χ1v) is 5.63. The maximum Gasteiger partial charge on any atom is 0.0107 e. The average molecular weight is 189 g/mol. The number of aryl methyl sites for hydroxylation is 1. The lowest BCUT2D eigenvalue weighted by Crippen LogP contribution is -2.35. The average Bonchev–Trinajstić information content (AvgIpc) is 2.23. The highest BCUT2D eigenvalue weighted by atomic mass is 14.9. The van der Waals surface area contributed by atoms with E-state index in [1.807, 2.05) is 0 Å². The van der Waals surface area contributed by atoms with E-state index in [2.05, 4.69) is 36.5 Å². The molecule has 0 aliphatic carbocycles. The Morgan fingerprint density at radius 3 is 2.64 bits per heavy atom. The summed E-state index contributed by atoms with van der Waals surface area (Å²) in [6, 6.07) is 9.64. The smallest absolute Gasteiger partial charge is 0.0107 e. The van der Waals surface area contributed by atoms with Gasteiger partial charge in [0.25, 0.3) is 0 Å². The molecule has 1 N–H and O–H groups in total. The fraction of sp³-hybridized carbons (Fsp3) is 0.538. The third-order valence-electron chi connectivity index (χ3n) is 3.02. The number of hydrogen-bond donors (Lipinski definition) is 1. The Hall–Kier alpha value is -0.820. The summed E-state index contributed by atoms with van der Waals surface area (Å²) in [5, 5.41) is 3.58. The van der Waals surface area contributed by atoms with Gasteiger partial charge >= 0.3 is 0 Å². The van der Waals surface area contributed by atoms with E-state index in [1.165, 1.54) is 43.4 Å². The largest absolute Gasteiger partial charge is 0.314 e. The first-order chi connectivity index (χ1) is 6.84. The van der Waals surface area contributed by atoms with Crippen LogP contribution in [0.25, 0.3) is 0 Å². The topological polar surface area (TPSA) is 12.0 Å². The third kappa shape index (κ3) is 2.58. The molecule has 1 aromatic rings. The van der Waals surface area contributed by atoms with Crippen LogP contribution >= 0.6 is 0 Å². The predicted octanol–water partition coefficient (Wildman–Crippen LogP) is 2.68. The van der Waals surface area contributed by atoms with Gasteiger partial charge in [0.1, 0.15) is 0 Å². The molecule has 1 heteroatoms. The van der Waals surface area contributed by atoms with Crippen LogP contribution < -0.4 is 5.32 Å². The van der Waals surface area contributed by atoms with Gasteiger partial charge in [-0.3, -0.25) is 0 Å². The van der Waals surface area contributed by atoms with Crippen LogP contribution in [0.5, 0.6) is 0 Å². The Balaban J connectivity index is 1.92. The molecule has 0 amide bonds. The van der Waals surface area contributed by atoms with Gasteiger partial charge in [-0.05, 0) is 38.3 Å². The first-order valence-electron chi connectivity index (χ1n) is 5.63. The molecule has 1 aliphatic rings. The van der Waals surface area contributed by atoms with Crippen LogP contribution in [-0.4, -0.2) is 12.6 Å². The zero-order chi connectivity index (χ0) is 9.80. The summed E-state index contributed by atoms with van der Waals surface area (Å²) >= 11 is 0. The van der Waals surface area contributed by atoms with Crippen molar-refractivity contribution >= 4 is 0 Å². The molecule has 0 radical (unpaired) electrons. The second kappa shape index (κ2) is 4.61. The first kappa shape index (κ1) is 9.72. The van der Waals surface area contributed by atoms with Crippen molar-refractivity contribution in [3.8, 4) is 0 Å². The van der Waals surface area contributed by atoms with Crippen molar-refractivity contribution in [3.63, 3.8) is 0 Å². The fourth-order valence-electron chi connectivity index (χ4n) is 2.11. The molecule has 1 atom stereocenters. The maximum absolute atomic E-state index is 3.58. The molecular weight excluding hydrogens is 170 g/mol. The monoisotopic (exact) mass is 189 g/mol. The Labute approximate surface area is 86.5 Å². The minimum absolute atomic E-state index is 0.714. The molecule has 1 heterocycles. The van der Waals surface area contributed by atoms with Crippen LogP contribution in [0.3, 0.4) is 0 Å². The van der Waals surface area contributed by atoms with Gasteiger partial charge in [-0.15, -0.1) is 0 Å². The summed E-state index contributed by atoms with van der Waals surface area (Å²) in [7, 11) is 0. The summed E-state index contributed by atoms with van der Waals surface area (Å²) in [4.78, 5) is 0. The summed E-state index contributed by atoms with van der Waals surface area (Å²) in [6.07, 6.45) is 5.28. The number of benzene rings is 1. The standard InChI is InChI=1S/C13H19N/c1-11-5-7-12(8-6-11)10-13-4-2-3-9-14-13/h5-8,13-14H,2-4,9-10H2,1H3/t13-/m1/s1. The molecule has 1 fully saturated rings. The van der Waals surface area contributed by atoms with Crippen molar-refractivity contribution < 1.29 is 0 Å². The molecular formula is C13H19N. The Bertz CT molecular complexity index is 270. The molecule has 1 nitrogen and oxygen atoms in total. The molecule has 0 aromatic heterocycles. The lowest BCUT2D eigenvalue weighted by Gasteiger charge is -2.23. The van der Waals surface area contributed by atoms with Gasteiger partial charge in [0.2, 0.25) is 0 Å². The van der Waals surface area contributed by atoms with Crippen LogP contribution in [-0.2, 0) is 6.42 Å². The van der Waals surface area contributed by atoms with Crippen LogP contribution in [0.4, 0.5) is 0 Å². The van der Waals surface area contributed by atoms with E-state index in [0.29, 0.717) is 6.04 Å². The van der Waals surface area contributed by atoms with E-state index >= 15 is 0 Å². The Morgan fingerprint density at radius 1 is 1.21 bits per heavy atom. The van der Waals surface area contributed by atoms with Crippen molar-refractivity contribution in [3.05, 3.63) is 35.4 Å². The van der Waals surface area contributed by atoms with Gasteiger partial charge in [-0.2, -0.15) is 0 Å².